The number of aliphatic hydroxyl groups is 1. The van der Waals surface area contributed by atoms with Gasteiger partial charge in [-0.3, -0.25) is 0 Å². The van der Waals surface area contributed by atoms with Crippen molar-refractivity contribution in [2.45, 2.75) is 13.5 Å². The molecule has 0 aromatic carbocycles. The van der Waals surface area contributed by atoms with E-state index in [1.807, 2.05) is 31.2 Å². The Labute approximate surface area is 82.0 Å². The minimum absolute atomic E-state index is 0.0776. The van der Waals surface area contributed by atoms with Crippen molar-refractivity contribution in [1.82, 2.24) is 4.98 Å². The van der Waals surface area contributed by atoms with E-state index >= 15 is 0 Å². The molecule has 72 valence electrons. The van der Waals surface area contributed by atoms with E-state index < -0.39 is 0 Å². The Balaban J connectivity index is 2.39. The molecule has 0 aliphatic rings. The van der Waals surface area contributed by atoms with Gasteiger partial charge < -0.3 is 9.52 Å². The third-order valence-corrected chi connectivity index (χ3v) is 1.96. The molecule has 2 aromatic rings. The number of aryl methyl sites for hydroxylation is 1. The second-order valence-corrected chi connectivity index (χ2v) is 3.09. The quantitative estimate of drug-likeness (QED) is 0.787. The van der Waals surface area contributed by atoms with Crippen molar-refractivity contribution in [2.24, 2.45) is 0 Å². The molecule has 0 aliphatic carbocycles. The Bertz CT molecular complexity index is 434. The van der Waals surface area contributed by atoms with Crippen LogP contribution in [-0.2, 0) is 6.61 Å². The van der Waals surface area contributed by atoms with Gasteiger partial charge in [-0.2, -0.15) is 0 Å². The van der Waals surface area contributed by atoms with Crippen LogP contribution in [0.2, 0.25) is 0 Å². The lowest BCUT2D eigenvalue weighted by Gasteiger charge is -1.97. The van der Waals surface area contributed by atoms with E-state index in [4.69, 9.17) is 9.52 Å². The minimum atomic E-state index is -0.0776. The van der Waals surface area contributed by atoms with Crippen LogP contribution < -0.4 is 0 Å². The molecule has 0 unspecified atom stereocenters. The molecule has 3 nitrogen and oxygen atoms in total. The maximum atomic E-state index is 8.84. The van der Waals surface area contributed by atoms with Crippen LogP contribution in [0.3, 0.4) is 0 Å². The van der Waals surface area contributed by atoms with Crippen LogP contribution in [0.5, 0.6) is 0 Å². The molecule has 0 fully saturated rings. The molecule has 0 saturated heterocycles. The Kier molecular flexibility index (Phi) is 2.33. The molecule has 0 bridgehead atoms. The summed E-state index contributed by atoms with van der Waals surface area (Å²) in [5, 5.41) is 8.84. The number of hydrogen-bond donors (Lipinski definition) is 1. The van der Waals surface area contributed by atoms with Crippen molar-refractivity contribution >= 4 is 0 Å². The van der Waals surface area contributed by atoms with Crippen molar-refractivity contribution in [1.29, 1.82) is 0 Å². The van der Waals surface area contributed by atoms with E-state index in [0.717, 1.165) is 11.4 Å². The lowest BCUT2D eigenvalue weighted by Crippen LogP contribution is -1.83. The molecule has 0 spiro atoms. The number of aliphatic hydroxyl groups excluding tert-OH is 1. The number of pyridine rings is 1. The normalized spacial score (nSPS) is 10.4. The number of aromatic nitrogens is 1. The van der Waals surface area contributed by atoms with Gasteiger partial charge in [0.1, 0.15) is 18.1 Å². The number of nitrogens with zero attached hydrogens (tertiary/aromatic N) is 1. The first kappa shape index (κ1) is 8.97. The van der Waals surface area contributed by atoms with Gasteiger partial charge in [0.2, 0.25) is 0 Å². The second kappa shape index (κ2) is 3.64. The summed E-state index contributed by atoms with van der Waals surface area (Å²) >= 11 is 0. The van der Waals surface area contributed by atoms with Gasteiger partial charge in [-0.25, -0.2) is 4.98 Å². The van der Waals surface area contributed by atoms with Crippen LogP contribution in [0.15, 0.2) is 34.7 Å². The van der Waals surface area contributed by atoms with Gasteiger partial charge in [-0.1, -0.05) is 6.07 Å². The van der Waals surface area contributed by atoms with Crippen molar-refractivity contribution in [3.63, 3.8) is 0 Å². The van der Waals surface area contributed by atoms with Gasteiger partial charge in [0.05, 0.1) is 0 Å². The van der Waals surface area contributed by atoms with Crippen LogP contribution in [0.4, 0.5) is 0 Å². The lowest BCUT2D eigenvalue weighted by molar-refractivity contribution is 0.248. The Morgan fingerprint density at radius 2 is 2.14 bits per heavy atom. The standard InChI is InChI=1S/C11H11NO2/c1-8-3-2-4-10(12-8)11-6-5-9(7-13)14-11/h2-6,13H,7H2,1H3. The van der Waals surface area contributed by atoms with Gasteiger partial charge >= 0.3 is 0 Å². The topological polar surface area (TPSA) is 46.3 Å². The van der Waals surface area contributed by atoms with Crippen molar-refractivity contribution < 1.29 is 9.52 Å². The van der Waals surface area contributed by atoms with E-state index in [-0.39, 0.29) is 6.61 Å². The molecule has 0 amide bonds. The zero-order valence-corrected chi connectivity index (χ0v) is 7.90. The molecular formula is C11H11NO2. The van der Waals surface area contributed by atoms with Crippen molar-refractivity contribution in [2.75, 3.05) is 0 Å². The second-order valence-electron chi connectivity index (χ2n) is 3.09. The highest BCUT2D eigenvalue weighted by molar-refractivity contribution is 5.52. The Hall–Kier alpha value is -1.61. The fourth-order valence-electron chi connectivity index (χ4n) is 1.28. The van der Waals surface area contributed by atoms with E-state index in [1.165, 1.54) is 0 Å². The van der Waals surface area contributed by atoms with E-state index in [1.54, 1.807) is 6.07 Å². The lowest BCUT2D eigenvalue weighted by atomic mass is 10.2. The number of rotatable bonds is 2. The van der Waals surface area contributed by atoms with Crippen LogP contribution >= 0.6 is 0 Å². The van der Waals surface area contributed by atoms with Gasteiger partial charge in [0, 0.05) is 5.69 Å². The van der Waals surface area contributed by atoms with Gasteiger partial charge in [-0.05, 0) is 31.2 Å². The van der Waals surface area contributed by atoms with Crippen LogP contribution in [0, 0.1) is 6.92 Å². The summed E-state index contributed by atoms with van der Waals surface area (Å²) in [5.41, 5.74) is 1.74. The van der Waals surface area contributed by atoms with Crippen molar-refractivity contribution in [3.8, 4) is 11.5 Å². The minimum Gasteiger partial charge on any atom is -0.457 e. The molecule has 2 aromatic heterocycles. The van der Waals surface area contributed by atoms with Gasteiger partial charge in [0.15, 0.2) is 5.76 Å². The molecule has 3 heteroatoms. The first-order chi connectivity index (χ1) is 6.79. The SMILES string of the molecule is Cc1cccc(-c2ccc(CO)o2)n1. The number of furan rings is 1. The summed E-state index contributed by atoms with van der Waals surface area (Å²) < 4.78 is 5.36. The first-order valence-corrected chi connectivity index (χ1v) is 4.43. The molecule has 2 rings (SSSR count). The van der Waals surface area contributed by atoms with Crippen molar-refractivity contribution in [3.05, 3.63) is 41.8 Å². The van der Waals surface area contributed by atoms with Gasteiger partial charge in [0.25, 0.3) is 0 Å². The summed E-state index contributed by atoms with van der Waals surface area (Å²) in [7, 11) is 0. The molecule has 0 atom stereocenters. The third kappa shape index (κ3) is 1.67. The Morgan fingerprint density at radius 3 is 2.79 bits per heavy atom. The van der Waals surface area contributed by atoms with Gasteiger partial charge in [-0.15, -0.1) is 0 Å². The molecule has 14 heavy (non-hydrogen) atoms. The zero-order chi connectivity index (χ0) is 9.97. The summed E-state index contributed by atoms with van der Waals surface area (Å²) in [6.45, 7) is 1.85. The molecule has 2 heterocycles. The fraction of sp³-hybridized carbons (Fsp3) is 0.182. The van der Waals surface area contributed by atoms with E-state index in [2.05, 4.69) is 4.98 Å². The van der Waals surface area contributed by atoms with Crippen LogP contribution in [0.25, 0.3) is 11.5 Å². The summed E-state index contributed by atoms with van der Waals surface area (Å²) in [6, 6.07) is 9.30. The van der Waals surface area contributed by atoms with Crippen LogP contribution in [-0.4, -0.2) is 10.1 Å². The van der Waals surface area contributed by atoms with Crippen LogP contribution in [0.1, 0.15) is 11.5 Å². The van der Waals surface area contributed by atoms with E-state index in [9.17, 15) is 0 Å². The molecule has 0 radical (unpaired) electrons. The Morgan fingerprint density at radius 1 is 1.29 bits per heavy atom. The maximum Gasteiger partial charge on any atom is 0.152 e. The summed E-state index contributed by atoms with van der Waals surface area (Å²) in [4.78, 5) is 4.32. The maximum absolute atomic E-state index is 8.84. The molecular weight excluding hydrogens is 178 g/mol. The average molecular weight is 189 g/mol. The average Bonchev–Trinajstić information content (AvgIpc) is 2.66. The highest BCUT2D eigenvalue weighted by Gasteiger charge is 2.04. The highest BCUT2D eigenvalue weighted by atomic mass is 16.4. The first-order valence-electron chi connectivity index (χ1n) is 4.43. The highest BCUT2D eigenvalue weighted by Crippen LogP contribution is 2.20. The molecule has 1 N–H and O–H groups in total. The summed E-state index contributed by atoms with van der Waals surface area (Å²) in [5.74, 6) is 1.25. The predicted molar refractivity (Wildman–Crippen MR) is 52.6 cm³/mol. The zero-order valence-electron chi connectivity index (χ0n) is 7.90. The summed E-state index contributed by atoms with van der Waals surface area (Å²) in [6.07, 6.45) is 0. The van der Waals surface area contributed by atoms with E-state index in [0.29, 0.717) is 11.5 Å². The predicted octanol–water partition coefficient (Wildman–Crippen LogP) is 2.14. The molecule has 0 saturated carbocycles. The largest absolute Gasteiger partial charge is 0.457 e. The number of hydrogen-bond acceptors (Lipinski definition) is 3. The molecule has 0 aliphatic heterocycles. The fourth-order valence-corrected chi connectivity index (χ4v) is 1.28. The monoisotopic (exact) mass is 189 g/mol. The smallest absolute Gasteiger partial charge is 0.152 e. The third-order valence-electron chi connectivity index (χ3n) is 1.96.